The zero-order valence-electron chi connectivity index (χ0n) is 19.3. The molecule has 10 heteroatoms. The molecule has 3 aromatic heterocycles. The van der Waals surface area contributed by atoms with E-state index >= 15 is 0 Å². The summed E-state index contributed by atoms with van der Waals surface area (Å²) < 4.78 is 1.92. The first-order chi connectivity index (χ1) is 16.3. The summed E-state index contributed by atoms with van der Waals surface area (Å²) in [5.74, 6) is -0.206. The Hall–Kier alpha value is -3.92. The van der Waals surface area contributed by atoms with Crippen LogP contribution in [0.15, 0.2) is 36.9 Å². The van der Waals surface area contributed by atoms with E-state index in [1.54, 1.807) is 31.4 Å². The van der Waals surface area contributed by atoms with E-state index in [-0.39, 0.29) is 11.8 Å². The average Bonchev–Trinajstić information content (AvgIpc) is 3.39. The van der Waals surface area contributed by atoms with Crippen molar-refractivity contribution >= 4 is 28.3 Å². The van der Waals surface area contributed by atoms with Gasteiger partial charge in [-0.05, 0) is 43.5 Å². The lowest BCUT2D eigenvalue weighted by Gasteiger charge is -2.16. The second-order valence-corrected chi connectivity index (χ2v) is 9.39. The number of amides is 2. The zero-order chi connectivity index (χ0) is 24.0. The number of rotatable bonds is 4. The van der Waals surface area contributed by atoms with Crippen LogP contribution in [0.25, 0.3) is 27.5 Å². The van der Waals surface area contributed by atoms with Gasteiger partial charge in [0.15, 0.2) is 5.13 Å². The third-order valence-corrected chi connectivity index (χ3v) is 6.72. The summed E-state index contributed by atoms with van der Waals surface area (Å²) >= 11 is 1.45. The minimum Gasteiger partial charge on any atom is -0.345 e. The molecular weight excluding hydrogens is 450 g/mol. The van der Waals surface area contributed by atoms with Gasteiger partial charge in [-0.3, -0.25) is 9.59 Å². The smallest absolute Gasteiger partial charge is 0.253 e. The molecule has 0 saturated heterocycles. The van der Waals surface area contributed by atoms with Crippen LogP contribution >= 0.6 is 11.3 Å². The first-order valence-corrected chi connectivity index (χ1v) is 11.6. The lowest BCUT2D eigenvalue weighted by Crippen LogP contribution is -2.21. The first kappa shape index (κ1) is 21.9. The van der Waals surface area contributed by atoms with Gasteiger partial charge in [0, 0.05) is 50.1 Å². The average molecular weight is 474 g/mol. The van der Waals surface area contributed by atoms with Crippen molar-refractivity contribution < 1.29 is 9.59 Å². The Balaban J connectivity index is 1.71. The van der Waals surface area contributed by atoms with Crippen molar-refractivity contribution in [2.45, 2.75) is 26.7 Å². The molecule has 1 aliphatic rings. The topological polar surface area (TPSA) is 106 Å². The molecule has 9 nitrogen and oxygen atoms in total. The molecule has 34 heavy (non-hydrogen) atoms. The van der Waals surface area contributed by atoms with Crippen molar-refractivity contribution in [2.75, 3.05) is 19.4 Å². The molecule has 2 amide bonds. The molecule has 0 saturated carbocycles. The Kier molecular flexibility index (Phi) is 5.45. The monoisotopic (exact) mass is 473 g/mol. The lowest BCUT2D eigenvalue weighted by molar-refractivity contribution is -0.114. The van der Waals surface area contributed by atoms with Gasteiger partial charge >= 0.3 is 0 Å². The van der Waals surface area contributed by atoms with E-state index in [9.17, 15) is 9.59 Å². The number of aryl methyl sites for hydroxylation is 2. The highest BCUT2D eigenvalue weighted by molar-refractivity contribution is 7.19. The fourth-order valence-electron chi connectivity index (χ4n) is 4.19. The standard InChI is InChI=1S/C24H23N7O2S/c1-13-9-15(23(33)30(3)4)5-8-19(13)31-21-17(20(29-31)16-10-25-12-26-11-16)6-7-18-22(21)34-24(28-18)27-14(2)32/h5,8-12H,6-7H2,1-4H3,(H,27,28,32). The molecule has 1 aliphatic carbocycles. The molecular formula is C24H23N7O2S. The minimum atomic E-state index is -0.154. The van der Waals surface area contributed by atoms with Crippen LogP contribution in [0, 0.1) is 6.92 Å². The van der Waals surface area contributed by atoms with Crippen LogP contribution in [0.3, 0.4) is 0 Å². The highest BCUT2D eigenvalue weighted by Gasteiger charge is 2.30. The van der Waals surface area contributed by atoms with E-state index in [0.717, 1.165) is 57.2 Å². The van der Waals surface area contributed by atoms with E-state index in [1.807, 2.05) is 29.8 Å². The normalized spacial score (nSPS) is 12.1. The number of hydrogen-bond acceptors (Lipinski definition) is 7. The highest BCUT2D eigenvalue weighted by Crippen LogP contribution is 2.44. The van der Waals surface area contributed by atoms with Crippen molar-refractivity contribution in [1.29, 1.82) is 0 Å². The Morgan fingerprint density at radius 3 is 2.59 bits per heavy atom. The van der Waals surface area contributed by atoms with Gasteiger partial charge in [0.1, 0.15) is 6.33 Å². The molecule has 1 N–H and O–H groups in total. The maximum Gasteiger partial charge on any atom is 0.253 e. The zero-order valence-corrected chi connectivity index (χ0v) is 20.1. The SMILES string of the molecule is CC(=O)Nc1nc2c(s1)-c1c(c(-c3cncnc3)nn1-c1ccc(C(=O)N(C)C)cc1C)CC2. The van der Waals surface area contributed by atoms with Gasteiger partial charge in [-0.1, -0.05) is 11.3 Å². The number of nitrogens with one attached hydrogen (secondary N) is 1. The van der Waals surface area contributed by atoms with Crippen LogP contribution in [-0.4, -0.2) is 55.5 Å². The third kappa shape index (κ3) is 3.75. The van der Waals surface area contributed by atoms with Crippen LogP contribution in [-0.2, 0) is 17.6 Å². The molecule has 0 aliphatic heterocycles. The Morgan fingerprint density at radius 1 is 1.15 bits per heavy atom. The molecule has 172 valence electrons. The third-order valence-electron chi connectivity index (χ3n) is 5.70. The van der Waals surface area contributed by atoms with E-state index in [0.29, 0.717) is 10.7 Å². The maximum atomic E-state index is 12.5. The fraction of sp³-hybridized carbons (Fsp3) is 0.250. The number of hydrogen-bond donors (Lipinski definition) is 1. The van der Waals surface area contributed by atoms with E-state index in [4.69, 9.17) is 5.10 Å². The molecule has 0 bridgehead atoms. The van der Waals surface area contributed by atoms with Crippen molar-refractivity contribution in [2.24, 2.45) is 0 Å². The van der Waals surface area contributed by atoms with Gasteiger partial charge in [-0.15, -0.1) is 0 Å². The minimum absolute atomic E-state index is 0.0519. The lowest BCUT2D eigenvalue weighted by atomic mass is 9.95. The number of anilines is 1. The predicted octanol–water partition coefficient (Wildman–Crippen LogP) is 3.52. The molecule has 4 aromatic rings. The summed E-state index contributed by atoms with van der Waals surface area (Å²) in [6.45, 7) is 3.45. The second kappa shape index (κ2) is 8.45. The van der Waals surface area contributed by atoms with Gasteiger partial charge in [-0.25, -0.2) is 19.6 Å². The number of aromatic nitrogens is 5. The van der Waals surface area contributed by atoms with Crippen molar-refractivity contribution in [3.63, 3.8) is 0 Å². The number of carbonyl (C=O) groups excluding carboxylic acids is 2. The summed E-state index contributed by atoms with van der Waals surface area (Å²) in [7, 11) is 3.48. The molecule has 0 unspecified atom stereocenters. The molecule has 0 atom stereocenters. The summed E-state index contributed by atoms with van der Waals surface area (Å²) in [6.07, 6.45) is 6.53. The van der Waals surface area contributed by atoms with Crippen molar-refractivity contribution in [3.05, 3.63) is 59.3 Å². The van der Waals surface area contributed by atoms with Gasteiger partial charge in [-0.2, -0.15) is 5.10 Å². The summed E-state index contributed by atoms with van der Waals surface area (Å²) in [4.78, 5) is 39.6. The molecule has 3 heterocycles. The number of benzene rings is 1. The summed E-state index contributed by atoms with van der Waals surface area (Å²) in [5.41, 5.74) is 7.06. The van der Waals surface area contributed by atoms with E-state index in [1.165, 1.54) is 24.6 Å². The van der Waals surface area contributed by atoms with Crippen LogP contribution in [0.2, 0.25) is 0 Å². The molecule has 5 rings (SSSR count). The first-order valence-electron chi connectivity index (χ1n) is 10.8. The molecule has 0 spiro atoms. The quantitative estimate of drug-likeness (QED) is 0.486. The van der Waals surface area contributed by atoms with Gasteiger partial charge < -0.3 is 10.2 Å². The van der Waals surface area contributed by atoms with Crippen molar-refractivity contribution in [3.8, 4) is 27.5 Å². The highest BCUT2D eigenvalue weighted by atomic mass is 32.1. The molecule has 0 fully saturated rings. The molecule has 0 radical (unpaired) electrons. The summed E-state index contributed by atoms with van der Waals surface area (Å²) in [5, 5.41) is 8.39. The van der Waals surface area contributed by atoms with Gasteiger partial charge in [0.2, 0.25) is 5.91 Å². The van der Waals surface area contributed by atoms with E-state index in [2.05, 4.69) is 20.3 Å². The predicted molar refractivity (Wildman–Crippen MR) is 130 cm³/mol. The van der Waals surface area contributed by atoms with Crippen molar-refractivity contribution in [1.82, 2.24) is 29.6 Å². The number of fused-ring (bicyclic) bond motifs is 3. The number of nitrogens with zero attached hydrogens (tertiary/aromatic N) is 6. The Bertz CT molecular complexity index is 1420. The van der Waals surface area contributed by atoms with Gasteiger partial charge in [0.05, 0.1) is 27.6 Å². The van der Waals surface area contributed by atoms with Crippen LogP contribution in [0.5, 0.6) is 0 Å². The Labute approximate surface area is 200 Å². The van der Waals surface area contributed by atoms with Crippen LogP contribution in [0.4, 0.5) is 5.13 Å². The second-order valence-electron chi connectivity index (χ2n) is 8.39. The van der Waals surface area contributed by atoms with Crippen LogP contribution < -0.4 is 5.32 Å². The number of thiazole rings is 1. The molecule has 1 aromatic carbocycles. The van der Waals surface area contributed by atoms with Gasteiger partial charge in [0.25, 0.3) is 5.91 Å². The fourth-order valence-corrected chi connectivity index (χ4v) is 5.30. The maximum absolute atomic E-state index is 12.5. The van der Waals surface area contributed by atoms with Crippen LogP contribution in [0.1, 0.15) is 34.1 Å². The van der Waals surface area contributed by atoms with E-state index < -0.39 is 0 Å². The largest absolute Gasteiger partial charge is 0.345 e. The number of carbonyl (C=O) groups is 2. The Morgan fingerprint density at radius 2 is 1.91 bits per heavy atom. The summed E-state index contributed by atoms with van der Waals surface area (Å²) in [6, 6.07) is 5.63.